The molecule has 2 N–H and O–H groups in total. The summed E-state index contributed by atoms with van der Waals surface area (Å²) < 4.78 is 33.2. The largest absolute Gasteiger partial charge is 0.487 e. The molecule has 154 valence electrons. The Morgan fingerprint density at radius 2 is 1.97 bits per heavy atom. The molecule has 2 heterocycles. The lowest BCUT2D eigenvalue weighted by Crippen LogP contribution is -2.50. The molecule has 3 rings (SSSR count). The van der Waals surface area contributed by atoms with Crippen molar-refractivity contribution in [1.82, 2.24) is 9.72 Å². The van der Waals surface area contributed by atoms with Gasteiger partial charge >= 0.3 is 0 Å². The van der Waals surface area contributed by atoms with Gasteiger partial charge in [0.15, 0.2) is 0 Å². The third-order valence-electron chi connectivity index (χ3n) is 4.76. The molecule has 1 aromatic carbocycles. The third kappa shape index (κ3) is 4.92. The number of ether oxygens (including phenoxy) is 1. The Hall–Kier alpha value is -2.93. The second kappa shape index (κ2) is 8.61. The summed E-state index contributed by atoms with van der Waals surface area (Å²) >= 11 is 0. The Balaban J connectivity index is 1.85. The summed E-state index contributed by atoms with van der Waals surface area (Å²) in [5, 5.41) is 12.1. The lowest BCUT2D eigenvalue weighted by molar-refractivity contribution is 0.0582. The summed E-state index contributed by atoms with van der Waals surface area (Å²) in [6.45, 7) is 2.97. The number of carbonyl (C=O) groups is 1. The molecule has 5 nitrogen and oxygen atoms in total. The molecular weight excluding hydrogens is 378 g/mol. The Bertz CT molecular complexity index is 988. The van der Waals surface area contributed by atoms with Crippen molar-refractivity contribution in [3.05, 3.63) is 71.5 Å². The van der Waals surface area contributed by atoms with Crippen molar-refractivity contribution >= 4 is 11.4 Å². The van der Waals surface area contributed by atoms with E-state index in [-0.39, 0.29) is 0 Å². The van der Waals surface area contributed by atoms with E-state index in [1.165, 1.54) is 6.92 Å². The van der Waals surface area contributed by atoms with Crippen molar-refractivity contribution in [2.75, 3.05) is 6.61 Å². The van der Waals surface area contributed by atoms with Gasteiger partial charge in [-0.3, -0.25) is 4.79 Å². The summed E-state index contributed by atoms with van der Waals surface area (Å²) in [4.78, 5) is 12.9. The number of rotatable bonds is 8. The number of fused-ring (bicyclic) bond motifs is 1. The third-order valence-corrected chi connectivity index (χ3v) is 4.76. The number of hydrogen-bond acceptors (Lipinski definition) is 3. The van der Waals surface area contributed by atoms with Crippen molar-refractivity contribution in [2.24, 2.45) is 0 Å². The number of aromatic nitrogens is 1. The Labute approximate surface area is 167 Å². The molecule has 0 fully saturated rings. The maximum atomic E-state index is 12.9. The highest BCUT2D eigenvalue weighted by Gasteiger charge is 2.31. The summed E-state index contributed by atoms with van der Waals surface area (Å²) in [6, 6.07) is 15.2. The maximum absolute atomic E-state index is 12.9. The van der Waals surface area contributed by atoms with Gasteiger partial charge in [0, 0.05) is 11.9 Å². The van der Waals surface area contributed by atoms with E-state index in [1.807, 2.05) is 48.5 Å². The average Bonchev–Trinajstić information content (AvgIpc) is 3.01. The lowest BCUT2D eigenvalue weighted by atomic mass is 9.99. The first kappa shape index (κ1) is 20.8. The van der Waals surface area contributed by atoms with E-state index in [4.69, 9.17) is 4.74 Å². The van der Waals surface area contributed by atoms with Crippen LogP contribution in [0.2, 0.25) is 0 Å². The molecule has 0 aliphatic heterocycles. The van der Waals surface area contributed by atoms with Crippen molar-refractivity contribution in [1.29, 1.82) is 0 Å². The number of nitrogens with one attached hydrogen (secondary N) is 1. The molecule has 0 spiro atoms. The number of aliphatic hydroxyl groups is 1. The number of benzene rings is 1. The molecule has 7 heteroatoms. The maximum Gasteiger partial charge on any atom is 0.269 e. The zero-order chi connectivity index (χ0) is 21.0. The zero-order valence-corrected chi connectivity index (χ0v) is 16.4. The first-order valence-electron chi connectivity index (χ1n) is 9.31. The second-order valence-corrected chi connectivity index (χ2v) is 7.38. The van der Waals surface area contributed by atoms with Gasteiger partial charge in [-0.2, -0.15) is 0 Å². The second-order valence-electron chi connectivity index (χ2n) is 7.38. The highest BCUT2D eigenvalue weighted by atomic mass is 19.3. The summed E-state index contributed by atoms with van der Waals surface area (Å²) in [7, 11) is 0. The van der Waals surface area contributed by atoms with Crippen LogP contribution in [0.1, 0.15) is 35.0 Å². The molecule has 3 aromatic rings. The van der Waals surface area contributed by atoms with Crippen LogP contribution >= 0.6 is 0 Å². The SMILES string of the molecule is Cc1cc2ccc(OCc3ccccc3)cn2c1C(=O)NC(C)(CO)CC(F)F. The van der Waals surface area contributed by atoms with E-state index in [9.17, 15) is 18.7 Å². The van der Waals surface area contributed by atoms with Crippen LogP contribution in [0.25, 0.3) is 5.52 Å². The molecule has 1 amide bonds. The number of nitrogens with zero attached hydrogens (tertiary/aromatic N) is 1. The Morgan fingerprint density at radius 1 is 1.24 bits per heavy atom. The van der Waals surface area contributed by atoms with Crippen molar-refractivity contribution in [2.45, 2.75) is 38.8 Å². The van der Waals surface area contributed by atoms with E-state index >= 15 is 0 Å². The van der Waals surface area contributed by atoms with Gasteiger partial charge in [-0.25, -0.2) is 8.78 Å². The van der Waals surface area contributed by atoms with E-state index in [2.05, 4.69) is 5.32 Å². The van der Waals surface area contributed by atoms with Gasteiger partial charge in [-0.15, -0.1) is 0 Å². The topological polar surface area (TPSA) is 63.0 Å². The first-order chi connectivity index (χ1) is 13.8. The predicted molar refractivity (Wildman–Crippen MR) is 106 cm³/mol. The number of aryl methyl sites for hydroxylation is 1. The molecule has 0 aliphatic rings. The van der Waals surface area contributed by atoms with Crippen LogP contribution in [0.5, 0.6) is 5.75 Å². The van der Waals surface area contributed by atoms with Gasteiger partial charge < -0.3 is 19.6 Å². The van der Waals surface area contributed by atoms with Gasteiger partial charge in [0.2, 0.25) is 6.43 Å². The number of aliphatic hydroxyl groups excluding tert-OH is 1. The molecule has 0 aliphatic carbocycles. The highest BCUT2D eigenvalue weighted by Crippen LogP contribution is 2.23. The van der Waals surface area contributed by atoms with Crippen molar-refractivity contribution in [3.8, 4) is 5.75 Å². The monoisotopic (exact) mass is 402 g/mol. The number of pyridine rings is 1. The van der Waals surface area contributed by atoms with Crippen molar-refractivity contribution in [3.63, 3.8) is 0 Å². The number of carbonyl (C=O) groups excluding carboxylic acids is 1. The van der Waals surface area contributed by atoms with Crippen LogP contribution in [0.3, 0.4) is 0 Å². The van der Waals surface area contributed by atoms with Gasteiger partial charge in [0.1, 0.15) is 18.1 Å². The van der Waals surface area contributed by atoms with Crippen LogP contribution in [0, 0.1) is 6.92 Å². The van der Waals surface area contributed by atoms with Gasteiger partial charge in [0.25, 0.3) is 5.91 Å². The van der Waals surface area contributed by atoms with Crippen LogP contribution < -0.4 is 10.1 Å². The molecule has 1 atom stereocenters. The molecule has 0 saturated heterocycles. The molecule has 2 aromatic heterocycles. The summed E-state index contributed by atoms with van der Waals surface area (Å²) in [5.74, 6) is 0.0448. The first-order valence-corrected chi connectivity index (χ1v) is 9.31. The summed E-state index contributed by atoms with van der Waals surface area (Å²) in [5.41, 5.74) is 1.39. The molecule has 0 radical (unpaired) electrons. The van der Waals surface area contributed by atoms with E-state index in [1.54, 1.807) is 17.5 Å². The van der Waals surface area contributed by atoms with Crippen LogP contribution in [-0.2, 0) is 6.61 Å². The zero-order valence-electron chi connectivity index (χ0n) is 16.4. The number of halogens is 2. The standard InChI is InChI=1S/C22H24F2N2O3/c1-15-10-17-8-9-18(29-13-16-6-4-3-5-7-16)12-26(17)20(15)21(28)25-22(2,14-27)11-19(23)24/h3-10,12,19,27H,11,13-14H2,1-2H3,(H,25,28). The van der Waals surface area contributed by atoms with Crippen LogP contribution in [0.4, 0.5) is 8.78 Å². The Morgan fingerprint density at radius 3 is 2.62 bits per heavy atom. The minimum Gasteiger partial charge on any atom is -0.487 e. The van der Waals surface area contributed by atoms with E-state index < -0.39 is 30.9 Å². The van der Waals surface area contributed by atoms with E-state index in [0.29, 0.717) is 23.6 Å². The minimum atomic E-state index is -2.64. The van der Waals surface area contributed by atoms with Gasteiger partial charge in [-0.05, 0) is 43.2 Å². The fourth-order valence-electron chi connectivity index (χ4n) is 3.23. The van der Waals surface area contributed by atoms with E-state index in [0.717, 1.165) is 11.1 Å². The lowest BCUT2D eigenvalue weighted by Gasteiger charge is -2.28. The normalized spacial score (nSPS) is 13.4. The van der Waals surface area contributed by atoms with Crippen LogP contribution in [0.15, 0.2) is 54.7 Å². The Kier molecular flexibility index (Phi) is 6.17. The van der Waals surface area contributed by atoms with Gasteiger partial charge in [0.05, 0.1) is 18.3 Å². The van der Waals surface area contributed by atoms with Crippen LogP contribution in [-0.4, -0.2) is 34.0 Å². The fraction of sp³-hybridized carbons (Fsp3) is 0.318. The molecule has 0 bridgehead atoms. The number of hydrogen-bond donors (Lipinski definition) is 2. The quantitative estimate of drug-likeness (QED) is 0.600. The molecule has 1 unspecified atom stereocenters. The fourth-order valence-corrected chi connectivity index (χ4v) is 3.23. The summed E-state index contributed by atoms with van der Waals surface area (Å²) in [6.07, 6.45) is -1.58. The smallest absolute Gasteiger partial charge is 0.269 e. The van der Waals surface area contributed by atoms with Gasteiger partial charge in [-0.1, -0.05) is 30.3 Å². The molecule has 29 heavy (non-hydrogen) atoms. The van der Waals surface area contributed by atoms with Crippen molar-refractivity contribution < 1.29 is 23.4 Å². The predicted octanol–water partition coefficient (Wildman–Crippen LogP) is 3.96. The highest BCUT2D eigenvalue weighted by molar-refractivity contribution is 5.96. The molecule has 0 saturated carbocycles. The molecular formula is C22H24F2N2O3. The minimum absolute atomic E-state index is 0.319. The number of amides is 1. The number of alkyl halides is 2. The average molecular weight is 402 g/mol.